The van der Waals surface area contributed by atoms with Crippen LogP contribution in [-0.2, 0) is 9.05 Å². The lowest BCUT2D eigenvalue weighted by atomic mass is 10.9. The summed E-state index contributed by atoms with van der Waals surface area (Å²) in [5, 5.41) is 0. The van der Waals surface area contributed by atoms with Crippen molar-refractivity contribution in [2.45, 2.75) is 20.8 Å². The van der Waals surface area contributed by atoms with E-state index in [1.807, 2.05) is 13.8 Å². The van der Waals surface area contributed by atoms with Gasteiger partial charge in [0.05, 0.1) is 13.2 Å². The van der Waals surface area contributed by atoms with Crippen molar-refractivity contribution in [2.24, 2.45) is 0 Å². The molecule has 0 N–H and O–H groups in total. The van der Waals surface area contributed by atoms with Crippen molar-refractivity contribution in [2.75, 3.05) is 19.0 Å². The Kier molecular flexibility index (Phi) is 8.35. The minimum Gasteiger partial charge on any atom is -0.326 e. The fourth-order valence-corrected chi connectivity index (χ4v) is 3.00. The summed E-state index contributed by atoms with van der Waals surface area (Å²) in [6, 6.07) is 0. The van der Waals surface area contributed by atoms with E-state index >= 15 is 0 Å². The highest BCUT2D eigenvalue weighted by molar-refractivity contribution is 8.52. The van der Waals surface area contributed by atoms with Gasteiger partial charge < -0.3 is 9.05 Å². The predicted molar refractivity (Wildman–Crippen MR) is 48.3 cm³/mol. The summed E-state index contributed by atoms with van der Waals surface area (Å²) in [6.45, 7) is 7.59. The molecule has 0 aromatic carbocycles. The van der Waals surface area contributed by atoms with Crippen LogP contribution in [0.15, 0.2) is 0 Å². The van der Waals surface area contributed by atoms with Gasteiger partial charge in [0, 0.05) is 0 Å². The monoisotopic (exact) mass is 182 g/mol. The molecule has 0 radical (unpaired) electrons. The average molecular weight is 182 g/mol. The Hall–Kier alpha value is 0.700. The fourth-order valence-electron chi connectivity index (χ4n) is 0.428. The first-order valence-electron chi connectivity index (χ1n) is 3.54. The minimum atomic E-state index is -0.644. The van der Waals surface area contributed by atoms with Gasteiger partial charge in [-0.3, -0.25) is 0 Å². The summed E-state index contributed by atoms with van der Waals surface area (Å²) in [6.07, 6.45) is 0. The molecule has 62 valence electrons. The highest BCUT2D eigenvalue weighted by Gasteiger charge is 2.06. The van der Waals surface area contributed by atoms with Crippen LogP contribution in [0.5, 0.6) is 0 Å². The molecule has 0 saturated carbocycles. The van der Waals surface area contributed by atoms with Crippen molar-refractivity contribution in [3.05, 3.63) is 0 Å². The van der Waals surface area contributed by atoms with Gasteiger partial charge in [0.1, 0.15) is 0 Å². The van der Waals surface area contributed by atoms with Crippen molar-refractivity contribution < 1.29 is 9.05 Å². The molecule has 0 unspecified atom stereocenters. The van der Waals surface area contributed by atoms with Gasteiger partial charge in [-0.1, -0.05) is 18.3 Å². The third-order valence-corrected chi connectivity index (χ3v) is 4.15. The normalized spacial score (nSPS) is 10.8. The molecule has 0 aromatic heterocycles. The second-order valence-corrected chi connectivity index (χ2v) is 4.95. The fraction of sp³-hybridized carbons (Fsp3) is 1.00. The Bertz CT molecular complexity index is 58.5. The maximum Gasteiger partial charge on any atom is 0.238 e. The largest absolute Gasteiger partial charge is 0.326 e. The number of hydrogen-bond donors (Lipinski definition) is 0. The zero-order valence-corrected chi connectivity index (χ0v) is 8.50. The first-order valence-corrected chi connectivity index (χ1v) is 6.30. The molecule has 0 heterocycles. The molecule has 0 amide bonds. The van der Waals surface area contributed by atoms with Gasteiger partial charge in [-0.2, -0.15) is 0 Å². The Morgan fingerprint density at radius 1 is 1.10 bits per heavy atom. The maximum absolute atomic E-state index is 5.33. The van der Waals surface area contributed by atoms with Gasteiger partial charge in [0.25, 0.3) is 0 Å². The van der Waals surface area contributed by atoms with Gasteiger partial charge in [0.15, 0.2) is 0 Å². The molecule has 0 saturated heterocycles. The van der Waals surface area contributed by atoms with Gasteiger partial charge in [0.2, 0.25) is 7.58 Å². The molecular formula is C6H15O2PS. The molecule has 0 bridgehead atoms. The van der Waals surface area contributed by atoms with E-state index in [0.29, 0.717) is 0 Å². The molecule has 0 atom stereocenters. The summed E-state index contributed by atoms with van der Waals surface area (Å²) in [7, 11) is -0.644. The van der Waals surface area contributed by atoms with E-state index in [-0.39, 0.29) is 0 Å². The van der Waals surface area contributed by atoms with Crippen LogP contribution in [0.1, 0.15) is 20.8 Å². The van der Waals surface area contributed by atoms with E-state index in [4.69, 9.17) is 9.05 Å². The third-order valence-electron chi connectivity index (χ3n) is 0.704. The van der Waals surface area contributed by atoms with Gasteiger partial charge >= 0.3 is 0 Å². The van der Waals surface area contributed by atoms with Crippen LogP contribution in [0.4, 0.5) is 0 Å². The molecule has 0 aliphatic heterocycles. The summed E-state index contributed by atoms with van der Waals surface area (Å²) in [4.78, 5) is 0. The molecule has 2 nitrogen and oxygen atoms in total. The second kappa shape index (κ2) is 7.80. The summed E-state index contributed by atoms with van der Waals surface area (Å²) in [5.41, 5.74) is 0. The first kappa shape index (κ1) is 10.7. The zero-order valence-electron chi connectivity index (χ0n) is 6.79. The Balaban J connectivity index is 3.30. The van der Waals surface area contributed by atoms with Crippen LogP contribution < -0.4 is 0 Å². The van der Waals surface area contributed by atoms with E-state index in [2.05, 4.69) is 6.92 Å². The molecule has 0 aliphatic rings. The van der Waals surface area contributed by atoms with E-state index in [9.17, 15) is 0 Å². The molecule has 0 fully saturated rings. The van der Waals surface area contributed by atoms with Crippen LogP contribution in [0, 0.1) is 0 Å². The van der Waals surface area contributed by atoms with E-state index in [1.165, 1.54) is 0 Å². The van der Waals surface area contributed by atoms with Crippen LogP contribution >= 0.6 is 19.0 Å². The third kappa shape index (κ3) is 5.48. The second-order valence-electron chi connectivity index (χ2n) is 1.48. The van der Waals surface area contributed by atoms with Crippen molar-refractivity contribution in [3.8, 4) is 0 Å². The summed E-state index contributed by atoms with van der Waals surface area (Å²) in [5.74, 6) is 1.06. The first-order chi connectivity index (χ1) is 4.85. The van der Waals surface area contributed by atoms with E-state index < -0.39 is 7.58 Å². The Morgan fingerprint density at radius 2 is 1.60 bits per heavy atom. The summed E-state index contributed by atoms with van der Waals surface area (Å²) < 4.78 is 10.7. The predicted octanol–water partition coefficient (Wildman–Crippen LogP) is 3.04. The van der Waals surface area contributed by atoms with Crippen molar-refractivity contribution >= 4 is 19.0 Å². The smallest absolute Gasteiger partial charge is 0.238 e. The van der Waals surface area contributed by atoms with Crippen LogP contribution in [0.2, 0.25) is 0 Å². The van der Waals surface area contributed by atoms with Crippen LogP contribution in [0.25, 0.3) is 0 Å². The molecule has 10 heavy (non-hydrogen) atoms. The van der Waals surface area contributed by atoms with Crippen molar-refractivity contribution in [3.63, 3.8) is 0 Å². The van der Waals surface area contributed by atoms with E-state index in [0.717, 1.165) is 19.0 Å². The van der Waals surface area contributed by atoms with E-state index in [1.54, 1.807) is 11.4 Å². The molecular weight excluding hydrogens is 167 g/mol. The maximum atomic E-state index is 5.33. The van der Waals surface area contributed by atoms with Gasteiger partial charge in [-0.05, 0) is 19.6 Å². The zero-order chi connectivity index (χ0) is 7.82. The lowest BCUT2D eigenvalue weighted by Gasteiger charge is -2.12. The van der Waals surface area contributed by atoms with Crippen molar-refractivity contribution in [1.29, 1.82) is 0 Å². The summed E-state index contributed by atoms with van der Waals surface area (Å²) >= 11 is 1.75. The number of rotatable bonds is 6. The lowest BCUT2D eigenvalue weighted by molar-refractivity contribution is 0.283. The van der Waals surface area contributed by atoms with Gasteiger partial charge in [-0.15, -0.1) is 0 Å². The topological polar surface area (TPSA) is 18.5 Å². The molecule has 0 aliphatic carbocycles. The van der Waals surface area contributed by atoms with Crippen molar-refractivity contribution in [1.82, 2.24) is 0 Å². The molecule has 0 aromatic rings. The highest BCUT2D eigenvalue weighted by atomic mass is 32.7. The SMILES string of the molecule is CCOP(OCC)SCC. The number of hydrogen-bond acceptors (Lipinski definition) is 3. The van der Waals surface area contributed by atoms with Crippen LogP contribution in [-0.4, -0.2) is 19.0 Å². The molecule has 4 heteroatoms. The minimum absolute atomic E-state index is 0.644. The lowest BCUT2D eigenvalue weighted by Crippen LogP contribution is -1.87. The van der Waals surface area contributed by atoms with Gasteiger partial charge in [-0.25, -0.2) is 0 Å². The highest BCUT2D eigenvalue weighted by Crippen LogP contribution is 2.51. The average Bonchev–Trinajstić information content (AvgIpc) is 1.90. The molecule has 0 spiro atoms. The Morgan fingerprint density at radius 3 is 1.90 bits per heavy atom. The molecule has 0 rings (SSSR count). The Labute approximate surface area is 68.3 Å². The standard InChI is InChI=1S/C6H15O2PS/c1-4-7-9(8-5-2)10-6-3/h4-6H2,1-3H3. The van der Waals surface area contributed by atoms with Crippen LogP contribution in [0.3, 0.4) is 0 Å². The quantitative estimate of drug-likeness (QED) is 0.588.